The molecular weight excluding hydrogens is 152 g/mol. The third-order valence-electron chi connectivity index (χ3n) is 0.937. The molecule has 1 aromatic heterocycles. The highest BCUT2D eigenvalue weighted by Gasteiger charge is 1.91. The third-order valence-corrected chi connectivity index (χ3v) is 0.937. The molecule has 1 heterocycles. The van der Waals surface area contributed by atoms with Gasteiger partial charge < -0.3 is 0 Å². The Balaban J connectivity index is 0.000000354. The first-order chi connectivity index (χ1) is 5.74. The van der Waals surface area contributed by atoms with Crippen LogP contribution in [0, 0.1) is 6.92 Å². The van der Waals surface area contributed by atoms with Gasteiger partial charge in [-0.1, -0.05) is 27.2 Å². The molecule has 0 amide bonds. The van der Waals surface area contributed by atoms with Crippen LogP contribution in [0.3, 0.4) is 0 Å². The molecule has 0 fully saturated rings. The lowest BCUT2D eigenvalue weighted by Gasteiger charge is -1.89. The summed E-state index contributed by atoms with van der Waals surface area (Å²) in [5.74, 6) is 1.31. The van der Waals surface area contributed by atoms with Crippen molar-refractivity contribution in [1.82, 2.24) is 20.4 Å². The van der Waals surface area contributed by atoms with Crippen molar-refractivity contribution >= 4 is 0 Å². The summed E-state index contributed by atoms with van der Waals surface area (Å²) in [6, 6.07) is 0. The summed E-state index contributed by atoms with van der Waals surface area (Å²) in [6.45, 7) is 7.98. The van der Waals surface area contributed by atoms with Crippen LogP contribution < -0.4 is 0 Å². The summed E-state index contributed by atoms with van der Waals surface area (Å²) in [5, 5.41) is 15.0. The minimum atomic E-state index is 0.618. The van der Waals surface area contributed by atoms with Gasteiger partial charge in [-0.05, 0) is 6.92 Å². The Morgan fingerprint density at radius 2 is 1.33 bits per heavy atom. The van der Waals surface area contributed by atoms with E-state index in [1.54, 1.807) is 6.92 Å². The molecule has 0 saturated heterocycles. The molecule has 0 atom stereocenters. The number of aromatic nitrogens is 4. The first kappa shape index (κ1) is 10.9. The molecule has 68 valence electrons. The highest BCUT2D eigenvalue weighted by atomic mass is 15.3. The number of nitrogens with zero attached hydrogens (tertiary/aromatic N) is 4. The van der Waals surface area contributed by atoms with Crippen LogP contribution in [0.4, 0.5) is 0 Å². The van der Waals surface area contributed by atoms with Crippen LogP contribution in [0.2, 0.25) is 0 Å². The summed E-state index contributed by atoms with van der Waals surface area (Å²) < 4.78 is 0. The van der Waals surface area contributed by atoms with Crippen molar-refractivity contribution in [2.45, 2.75) is 40.5 Å². The Morgan fingerprint density at radius 3 is 1.67 bits per heavy atom. The molecule has 12 heavy (non-hydrogen) atoms. The van der Waals surface area contributed by atoms with Crippen molar-refractivity contribution in [2.75, 3.05) is 0 Å². The van der Waals surface area contributed by atoms with Crippen LogP contribution in [0.15, 0.2) is 0 Å². The van der Waals surface area contributed by atoms with Crippen molar-refractivity contribution in [3.63, 3.8) is 0 Å². The lowest BCUT2D eigenvalue weighted by molar-refractivity contribution is 0.737. The monoisotopic (exact) mass is 168 g/mol. The summed E-state index contributed by atoms with van der Waals surface area (Å²) in [4.78, 5) is 0. The second kappa shape index (κ2) is 6.64. The average Bonchev–Trinajstić information content (AvgIpc) is 2.07. The third kappa shape index (κ3) is 4.71. The number of hydrogen-bond acceptors (Lipinski definition) is 4. The normalized spacial score (nSPS) is 8.67. The van der Waals surface area contributed by atoms with Gasteiger partial charge in [-0.3, -0.25) is 0 Å². The number of aryl methyl sites for hydroxylation is 2. The maximum atomic E-state index is 3.77. The molecule has 0 radical (unpaired) electrons. The summed E-state index contributed by atoms with van der Waals surface area (Å²) >= 11 is 0. The zero-order valence-electron chi connectivity index (χ0n) is 8.20. The topological polar surface area (TPSA) is 51.6 Å². The van der Waals surface area contributed by atoms with Gasteiger partial charge in [-0.15, -0.1) is 20.4 Å². The molecule has 4 nitrogen and oxygen atoms in total. The molecule has 0 unspecified atom stereocenters. The molecule has 0 aromatic carbocycles. The summed E-state index contributed by atoms with van der Waals surface area (Å²) in [6.07, 6.45) is 2.04. The lowest BCUT2D eigenvalue weighted by Crippen LogP contribution is -2.00. The Morgan fingerprint density at radius 1 is 0.917 bits per heavy atom. The molecule has 1 rings (SSSR count). The van der Waals surface area contributed by atoms with E-state index in [0.29, 0.717) is 11.6 Å². The zero-order chi connectivity index (χ0) is 9.40. The van der Waals surface area contributed by atoms with Crippen LogP contribution in [0.25, 0.3) is 0 Å². The largest absolute Gasteiger partial charge is 0.173 e. The van der Waals surface area contributed by atoms with Gasteiger partial charge in [0.2, 0.25) is 0 Å². The zero-order valence-corrected chi connectivity index (χ0v) is 8.20. The summed E-state index contributed by atoms with van der Waals surface area (Å²) in [5.41, 5.74) is 0. The second-order valence-electron chi connectivity index (χ2n) is 2.42. The second-order valence-corrected chi connectivity index (χ2v) is 2.42. The Kier molecular flexibility index (Phi) is 6.05. The van der Waals surface area contributed by atoms with Gasteiger partial charge in [-0.25, -0.2) is 0 Å². The van der Waals surface area contributed by atoms with Crippen molar-refractivity contribution in [3.8, 4) is 0 Å². The lowest BCUT2D eigenvalue weighted by atomic mass is 10.5. The van der Waals surface area contributed by atoms with E-state index >= 15 is 0 Å². The van der Waals surface area contributed by atoms with Crippen molar-refractivity contribution in [1.29, 1.82) is 0 Å². The first-order valence-corrected chi connectivity index (χ1v) is 4.27. The smallest absolute Gasteiger partial charge is 0.132 e. The van der Waals surface area contributed by atoms with E-state index in [4.69, 9.17) is 0 Å². The van der Waals surface area contributed by atoms with Crippen LogP contribution in [0.5, 0.6) is 0 Å². The molecular formula is C8H16N4. The minimum Gasteiger partial charge on any atom is -0.132 e. The molecule has 0 aliphatic rings. The van der Waals surface area contributed by atoms with E-state index in [-0.39, 0.29) is 0 Å². The standard InChI is InChI=1S/C5H8N4.C3H8/c1-3-5-8-6-4(2)7-9-5;1-3-2/h3H2,1-2H3;3H2,1-2H3. The van der Waals surface area contributed by atoms with Gasteiger partial charge in [0.15, 0.2) is 11.6 Å². The van der Waals surface area contributed by atoms with Gasteiger partial charge in [0.05, 0.1) is 0 Å². The van der Waals surface area contributed by atoms with E-state index in [9.17, 15) is 0 Å². The van der Waals surface area contributed by atoms with Crippen molar-refractivity contribution in [2.24, 2.45) is 0 Å². The minimum absolute atomic E-state index is 0.618. The van der Waals surface area contributed by atoms with Gasteiger partial charge >= 0.3 is 0 Å². The fraction of sp³-hybridized carbons (Fsp3) is 0.750. The molecule has 0 saturated carbocycles. The quantitative estimate of drug-likeness (QED) is 0.638. The number of rotatable bonds is 1. The predicted molar refractivity (Wildman–Crippen MR) is 47.7 cm³/mol. The molecule has 1 aromatic rings. The highest BCUT2D eigenvalue weighted by Crippen LogP contribution is 1.83. The molecule has 0 aliphatic heterocycles. The van der Waals surface area contributed by atoms with Crippen molar-refractivity contribution in [3.05, 3.63) is 11.6 Å². The van der Waals surface area contributed by atoms with Crippen molar-refractivity contribution < 1.29 is 0 Å². The molecule has 0 N–H and O–H groups in total. The molecule has 4 heteroatoms. The van der Waals surface area contributed by atoms with Gasteiger partial charge in [0, 0.05) is 6.42 Å². The maximum Gasteiger partial charge on any atom is 0.173 e. The Labute approximate surface area is 73.4 Å². The van der Waals surface area contributed by atoms with Crippen LogP contribution >= 0.6 is 0 Å². The van der Waals surface area contributed by atoms with Gasteiger partial charge in [0.25, 0.3) is 0 Å². The van der Waals surface area contributed by atoms with Crippen LogP contribution in [-0.2, 0) is 6.42 Å². The maximum absolute atomic E-state index is 3.77. The molecule has 0 bridgehead atoms. The predicted octanol–water partition coefficient (Wildman–Crippen LogP) is 1.55. The Hall–Kier alpha value is -1.06. The van der Waals surface area contributed by atoms with E-state index in [2.05, 4.69) is 34.2 Å². The van der Waals surface area contributed by atoms with E-state index in [1.807, 2.05) is 6.92 Å². The fourth-order valence-corrected chi connectivity index (χ4v) is 0.442. The van der Waals surface area contributed by atoms with E-state index < -0.39 is 0 Å². The summed E-state index contributed by atoms with van der Waals surface area (Å²) in [7, 11) is 0. The first-order valence-electron chi connectivity index (χ1n) is 4.27. The average molecular weight is 168 g/mol. The SMILES string of the molecule is CCC.CCc1nnc(C)nn1. The molecule has 0 aliphatic carbocycles. The van der Waals surface area contributed by atoms with Gasteiger partial charge in [0.1, 0.15) is 0 Å². The van der Waals surface area contributed by atoms with Crippen LogP contribution in [0.1, 0.15) is 38.8 Å². The van der Waals surface area contributed by atoms with E-state index in [1.165, 1.54) is 6.42 Å². The Bertz CT molecular complexity index is 195. The fourth-order valence-electron chi connectivity index (χ4n) is 0.442. The molecule has 0 spiro atoms. The highest BCUT2D eigenvalue weighted by molar-refractivity contribution is 4.77. The van der Waals surface area contributed by atoms with E-state index in [0.717, 1.165) is 6.42 Å². The van der Waals surface area contributed by atoms with Crippen LogP contribution in [-0.4, -0.2) is 20.4 Å². The number of hydrogen-bond donors (Lipinski definition) is 0. The van der Waals surface area contributed by atoms with Gasteiger partial charge in [-0.2, -0.15) is 0 Å².